The molecule has 0 aliphatic heterocycles. The van der Waals surface area contributed by atoms with Crippen molar-refractivity contribution in [3.05, 3.63) is 26.8 Å². The number of nitrogens with zero attached hydrogens (tertiary/aromatic N) is 2. The van der Waals surface area contributed by atoms with Crippen molar-refractivity contribution in [2.75, 3.05) is 20.7 Å². The first kappa shape index (κ1) is 20.5. The second kappa shape index (κ2) is 9.07. The van der Waals surface area contributed by atoms with Crippen molar-refractivity contribution in [3.63, 3.8) is 0 Å². The van der Waals surface area contributed by atoms with Gasteiger partial charge in [0.25, 0.3) is 5.91 Å². The Morgan fingerprint density at radius 3 is 2.60 bits per heavy atom. The summed E-state index contributed by atoms with van der Waals surface area (Å²) in [6.07, 6.45) is 2.63. The molecule has 0 aromatic heterocycles. The van der Waals surface area contributed by atoms with E-state index in [1.165, 1.54) is 14.2 Å². The standard InChI is InChI=1S/C15H20ClN3O6/c1-4-5-6-7-17-15(22)18(2)14(21)11-9(16)8-10(25-3)13(20)12(11)19(23)24/h8,20H,4-7H2,1-3H3,(H,17,22). The summed E-state index contributed by atoms with van der Waals surface area (Å²) in [5.41, 5.74) is -1.50. The maximum atomic E-state index is 12.5. The van der Waals surface area contributed by atoms with Crippen LogP contribution in [0.25, 0.3) is 0 Å². The van der Waals surface area contributed by atoms with Crippen molar-refractivity contribution < 1.29 is 24.4 Å². The maximum absolute atomic E-state index is 12.5. The van der Waals surface area contributed by atoms with Gasteiger partial charge in [-0.2, -0.15) is 0 Å². The number of unbranched alkanes of at least 4 members (excludes halogenated alkanes) is 2. The fourth-order valence-corrected chi connectivity index (χ4v) is 2.36. The van der Waals surface area contributed by atoms with E-state index >= 15 is 0 Å². The van der Waals surface area contributed by atoms with Gasteiger partial charge in [-0.3, -0.25) is 19.8 Å². The monoisotopic (exact) mass is 373 g/mol. The van der Waals surface area contributed by atoms with Crippen LogP contribution in [0.2, 0.25) is 5.02 Å². The van der Waals surface area contributed by atoms with Crippen LogP contribution in [-0.4, -0.2) is 47.6 Å². The van der Waals surface area contributed by atoms with Crippen LogP contribution in [0.1, 0.15) is 36.5 Å². The Bertz CT molecular complexity index is 680. The molecule has 2 N–H and O–H groups in total. The van der Waals surface area contributed by atoms with E-state index in [0.29, 0.717) is 11.4 Å². The molecule has 0 unspecified atom stereocenters. The molecule has 3 amide bonds. The first-order valence-corrected chi connectivity index (χ1v) is 7.93. The summed E-state index contributed by atoms with van der Waals surface area (Å²) >= 11 is 5.94. The zero-order valence-corrected chi connectivity index (χ0v) is 14.9. The van der Waals surface area contributed by atoms with E-state index in [1.54, 1.807) is 0 Å². The van der Waals surface area contributed by atoms with Crippen LogP contribution in [0, 0.1) is 10.1 Å². The summed E-state index contributed by atoms with van der Waals surface area (Å²) in [6, 6.07) is 0.353. The maximum Gasteiger partial charge on any atom is 0.328 e. The van der Waals surface area contributed by atoms with Crippen LogP contribution in [0.4, 0.5) is 10.5 Å². The second-order valence-corrected chi connectivity index (χ2v) is 5.60. The number of imide groups is 1. The highest BCUT2D eigenvalue weighted by Gasteiger charge is 2.34. The molecule has 0 bridgehead atoms. The number of rotatable bonds is 7. The first-order chi connectivity index (χ1) is 11.8. The SMILES string of the molecule is CCCCCNC(=O)N(C)C(=O)c1c(Cl)cc(OC)c(O)c1[N+](=O)[O-]. The number of hydrogen-bond acceptors (Lipinski definition) is 6. The smallest absolute Gasteiger partial charge is 0.328 e. The lowest BCUT2D eigenvalue weighted by molar-refractivity contribution is -0.386. The van der Waals surface area contributed by atoms with E-state index in [1.807, 2.05) is 6.92 Å². The van der Waals surface area contributed by atoms with Gasteiger partial charge in [-0.15, -0.1) is 0 Å². The number of urea groups is 1. The number of benzene rings is 1. The van der Waals surface area contributed by atoms with E-state index in [2.05, 4.69) is 5.32 Å². The number of ether oxygens (including phenoxy) is 1. The number of phenols is 1. The largest absolute Gasteiger partial charge is 0.499 e. The fourth-order valence-electron chi connectivity index (χ4n) is 2.09. The molecule has 1 aromatic rings. The Morgan fingerprint density at radius 2 is 2.08 bits per heavy atom. The van der Waals surface area contributed by atoms with E-state index in [0.717, 1.165) is 25.3 Å². The van der Waals surface area contributed by atoms with E-state index in [-0.39, 0.29) is 10.8 Å². The van der Waals surface area contributed by atoms with Crippen LogP contribution in [0.15, 0.2) is 6.07 Å². The van der Waals surface area contributed by atoms with Gasteiger partial charge in [0, 0.05) is 19.7 Å². The molecule has 0 fully saturated rings. The molecule has 0 aliphatic carbocycles. The van der Waals surface area contributed by atoms with Crippen LogP contribution >= 0.6 is 11.6 Å². The van der Waals surface area contributed by atoms with Crippen molar-refractivity contribution in [2.24, 2.45) is 0 Å². The number of carbonyl (C=O) groups excluding carboxylic acids is 2. The van der Waals surface area contributed by atoms with Gasteiger partial charge in [-0.1, -0.05) is 31.4 Å². The van der Waals surface area contributed by atoms with Gasteiger partial charge in [0.15, 0.2) is 5.75 Å². The number of methoxy groups -OCH3 is 1. The Balaban J connectivity index is 3.14. The molecular weight excluding hydrogens is 354 g/mol. The number of hydrogen-bond donors (Lipinski definition) is 2. The van der Waals surface area contributed by atoms with Crippen LogP contribution < -0.4 is 10.1 Å². The Hall–Kier alpha value is -2.55. The molecule has 1 rings (SSSR count). The van der Waals surface area contributed by atoms with Gasteiger partial charge in [0.05, 0.1) is 17.1 Å². The molecule has 10 heteroatoms. The number of nitro groups is 1. The number of amides is 3. The molecule has 1 aromatic carbocycles. The minimum atomic E-state index is -1.01. The van der Waals surface area contributed by atoms with E-state index < -0.39 is 33.9 Å². The zero-order valence-electron chi connectivity index (χ0n) is 14.2. The minimum absolute atomic E-state index is 0.250. The quantitative estimate of drug-likeness (QED) is 0.430. The predicted molar refractivity (Wildman–Crippen MR) is 91.3 cm³/mol. The normalized spacial score (nSPS) is 10.2. The topological polar surface area (TPSA) is 122 Å². The van der Waals surface area contributed by atoms with E-state index in [4.69, 9.17) is 16.3 Å². The zero-order chi connectivity index (χ0) is 19.1. The number of halogens is 1. The summed E-state index contributed by atoms with van der Waals surface area (Å²) < 4.78 is 4.79. The van der Waals surface area contributed by atoms with Gasteiger partial charge < -0.3 is 15.2 Å². The molecule has 0 radical (unpaired) electrons. The highest BCUT2D eigenvalue weighted by molar-refractivity contribution is 6.35. The molecule has 25 heavy (non-hydrogen) atoms. The summed E-state index contributed by atoms with van der Waals surface area (Å²) in [6.45, 7) is 2.38. The van der Waals surface area contributed by atoms with Crippen molar-refractivity contribution in [1.29, 1.82) is 0 Å². The molecular formula is C15H20ClN3O6. The van der Waals surface area contributed by atoms with Crippen molar-refractivity contribution in [1.82, 2.24) is 10.2 Å². The molecule has 0 spiro atoms. The lowest BCUT2D eigenvalue weighted by atomic mass is 10.1. The molecule has 0 saturated heterocycles. The van der Waals surface area contributed by atoms with Gasteiger partial charge in [0.1, 0.15) is 5.56 Å². The summed E-state index contributed by atoms with van der Waals surface area (Å²) in [5.74, 6) is -2.10. The number of nitrogens with one attached hydrogen (secondary N) is 1. The fraction of sp³-hybridized carbons (Fsp3) is 0.467. The van der Waals surface area contributed by atoms with Crippen LogP contribution in [0.5, 0.6) is 11.5 Å². The number of phenolic OH excluding ortho intramolecular Hbond substituents is 1. The van der Waals surface area contributed by atoms with Crippen molar-refractivity contribution in [3.8, 4) is 11.5 Å². The molecule has 138 valence electrons. The molecule has 0 saturated carbocycles. The predicted octanol–water partition coefficient (Wildman–Crippen LogP) is 2.93. The summed E-state index contributed by atoms with van der Waals surface area (Å²) in [4.78, 5) is 35.5. The van der Waals surface area contributed by atoms with Crippen molar-refractivity contribution in [2.45, 2.75) is 26.2 Å². The summed E-state index contributed by atoms with van der Waals surface area (Å²) in [5, 5.41) is 23.4. The first-order valence-electron chi connectivity index (χ1n) is 7.55. The van der Waals surface area contributed by atoms with E-state index in [9.17, 15) is 24.8 Å². The number of carbonyl (C=O) groups is 2. The number of aromatic hydroxyl groups is 1. The molecule has 0 atom stereocenters. The second-order valence-electron chi connectivity index (χ2n) is 5.19. The highest BCUT2D eigenvalue weighted by Crippen LogP contribution is 2.43. The van der Waals surface area contributed by atoms with Gasteiger partial charge in [-0.05, 0) is 6.42 Å². The third-order valence-electron chi connectivity index (χ3n) is 3.47. The Morgan fingerprint density at radius 1 is 1.44 bits per heavy atom. The van der Waals surface area contributed by atoms with Crippen LogP contribution in [0.3, 0.4) is 0 Å². The Kier molecular flexibility index (Phi) is 7.43. The van der Waals surface area contributed by atoms with Gasteiger partial charge in [-0.25, -0.2) is 4.79 Å². The molecule has 0 aliphatic rings. The lowest BCUT2D eigenvalue weighted by Crippen LogP contribution is -2.41. The van der Waals surface area contributed by atoms with Gasteiger partial charge in [0.2, 0.25) is 5.75 Å². The van der Waals surface area contributed by atoms with Crippen LogP contribution in [-0.2, 0) is 0 Å². The Labute approximate surface area is 149 Å². The van der Waals surface area contributed by atoms with Gasteiger partial charge >= 0.3 is 11.7 Å². The third-order valence-corrected chi connectivity index (χ3v) is 3.77. The summed E-state index contributed by atoms with van der Waals surface area (Å²) in [7, 11) is 2.35. The average molecular weight is 374 g/mol. The number of nitro benzene ring substituents is 1. The average Bonchev–Trinajstić information content (AvgIpc) is 2.58. The minimum Gasteiger partial charge on any atom is -0.499 e. The molecule has 0 heterocycles. The third kappa shape index (κ3) is 4.72. The lowest BCUT2D eigenvalue weighted by Gasteiger charge is -2.17. The van der Waals surface area contributed by atoms with Crippen molar-refractivity contribution >= 4 is 29.2 Å². The molecule has 9 nitrogen and oxygen atoms in total. The highest BCUT2D eigenvalue weighted by atomic mass is 35.5.